The first-order chi connectivity index (χ1) is 8.69. The van der Waals surface area contributed by atoms with Crippen LogP contribution in [-0.4, -0.2) is 19.3 Å². The molecule has 0 spiro atoms. The predicted octanol–water partition coefficient (Wildman–Crippen LogP) is 2.60. The number of rotatable bonds is 7. The van der Waals surface area contributed by atoms with Gasteiger partial charge in [-0.1, -0.05) is 31.9 Å². The Morgan fingerprint density at radius 1 is 1.33 bits per heavy atom. The number of terminal acetylenes is 1. The van der Waals surface area contributed by atoms with Crippen LogP contribution >= 0.6 is 0 Å². The fourth-order valence-electron chi connectivity index (χ4n) is 1.56. The van der Waals surface area contributed by atoms with Crippen molar-refractivity contribution in [2.24, 2.45) is 0 Å². The second-order valence-electron chi connectivity index (χ2n) is 4.21. The number of benzene rings is 1. The highest BCUT2D eigenvalue weighted by Gasteiger charge is 2.10. The van der Waals surface area contributed by atoms with Crippen LogP contribution in [-0.2, 0) is 6.54 Å². The van der Waals surface area contributed by atoms with Crippen LogP contribution in [0.5, 0.6) is 11.5 Å². The molecule has 0 aliphatic rings. The number of hydrogen-bond donors (Lipinski definition) is 1. The van der Waals surface area contributed by atoms with E-state index in [-0.39, 0.29) is 6.61 Å². The molecule has 1 aromatic rings. The van der Waals surface area contributed by atoms with Crippen LogP contribution in [0.4, 0.5) is 0 Å². The molecule has 0 radical (unpaired) electrons. The number of hydrogen-bond acceptors (Lipinski definition) is 3. The molecule has 3 heteroatoms. The van der Waals surface area contributed by atoms with E-state index in [1.807, 2.05) is 25.1 Å². The quantitative estimate of drug-likeness (QED) is 0.751. The van der Waals surface area contributed by atoms with E-state index in [2.05, 4.69) is 25.1 Å². The summed E-state index contributed by atoms with van der Waals surface area (Å²) >= 11 is 0. The van der Waals surface area contributed by atoms with Crippen LogP contribution in [0.1, 0.15) is 26.3 Å². The first-order valence-corrected chi connectivity index (χ1v) is 6.23. The zero-order valence-electron chi connectivity index (χ0n) is 11.3. The van der Waals surface area contributed by atoms with E-state index in [9.17, 15) is 0 Å². The lowest BCUT2D eigenvalue weighted by atomic mass is 10.1. The largest absolute Gasteiger partial charge is 0.490 e. The van der Waals surface area contributed by atoms with Crippen LogP contribution in [0.3, 0.4) is 0 Å². The molecule has 0 saturated carbocycles. The summed E-state index contributed by atoms with van der Waals surface area (Å²) in [6.45, 7) is 7.75. The molecule has 1 aromatic carbocycles. The van der Waals surface area contributed by atoms with Crippen molar-refractivity contribution < 1.29 is 9.47 Å². The van der Waals surface area contributed by atoms with E-state index in [4.69, 9.17) is 15.9 Å². The van der Waals surface area contributed by atoms with E-state index in [1.54, 1.807) is 0 Å². The lowest BCUT2D eigenvalue weighted by molar-refractivity contribution is 0.296. The maximum Gasteiger partial charge on any atom is 0.167 e. The van der Waals surface area contributed by atoms with Crippen LogP contribution in [0.15, 0.2) is 18.2 Å². The summed E-state index contributed by atoms with van der Waals surface area (Å²) in [7, 11) is 0. The molecule has 3 nitrogen and oxygen atoms in total. The highest BCUT2D eigenvalue weighted by atomic mass is 16.5. The monoisotopic (exact) mass is 247 g/mol. The highest BCUT2D eigenvalue weighted by Crippen LogP contribution is 2.31. The zero-order valence-corrected chi connectivity index (χ0v) is 11.3. The fourth-order valence-corrected chi connectivity index (χ4v) is 1.56. The Kier molecular flexibility index (Phi) is 6.10. The van der Waals surface area contributed by atoms with Gasteiger partial charge in [0, 0.05) is 18.2 Å². The molecule has 1 rings (SSSR count). The maximum atomic E-state index is 5.60. The standard InChI is InChI=1S/C15H21NO2/c1-5-10-18-15-13(11-16-12(3)4)8-7-9-14(15)17-6-2/h1,7-9,12,16H,6,10-11H2,2-4H3. The van der Waals surface area contributed by atoms with Gasteiger partial charge in [0.15, 0.2) is 11.5 Å². The maximum absolute atomic E-state index is 5.60. The number of ether oxygens (including phenoxy) is 2. The Labute approximate surface area is 109 Å². The molecule has 0 aromatic heterocycles. The van der Waals surface area contributed by atoms with Crippen LogP contribution in [0, 0.1) is 12.3 Å². The number of para-hydroxylation sites is 1. The van der Waals surface area contributed by atoms with Gasteiger partial charge in [0.2, 0.25) is 0 Å². The second kappa shape index (κ2) is 7.62. The van der Waals surface area contributed by atoms with E-state index in [0.717, 1.165) is 23.6 Å². The predicted molar refractivity (Wildman–Crippen MR) is 73.9 cm³/mol. The third-order valence-corrected chi connectivity index (χ3v) is 2.36. The molecule has 98 valence electrons. The van der Waals surface area contributed by atoms with Gasteiger partial charge in [0.05, 0.1) is 6.61 Å². The third kappa shape index (κ3) is 4.31. The van der Waals surface area contributed by atoms with Crippen molar-refractivity contribution >= 4 is 0 Å². The second-order valence-corrected chi connectivity index (χ2v) is 4.21. The van der Waals surface area contributed by atoms with Crippen molar-refractivity contribution in [1.29, 1.82) is 0 Å². The van der Waals surface area contributed by atoms with Gasteiger partial charge in [-0.3, -0.25) is 0 Å². The van der Waals surface area contributed by atoms with Crippen LogP contribution in [0.25, 0.3) is 0 Å². The topological polar surface area (TPSA) is 30.5 Å². The minimum absolute atomic E-state index is 0.249. The lowest BCUT2D eigenvalue weighted by Gasteiger charge is -2.16. The average Bonchev–Trinajstić information content (AvgIpc) is 2.35. The van der Waals surface area contributed by atoms with Gasteiger partial charge in [0.25, 0.3) is 0 Å². The molecule has 0 aliphatic carbocycles. The lowest BCUT2D eigenvalue weighted by Crippen LogP contribution is -2.22. The smallest absolute Gasteiger partial charge is 0.167 e. The zero-order chi connectivity index (χ0) is 13.4. The Bertz CT molecular complexity index is 407. The normalized spacial score (nSPS) is 10.2. The minimum atomic E-state index is 0.249. The Hall–Kier alpha value is -1.66. The summed E-state index contributed by atoms with van der Waals surface area (Å²) in [5.74, 6) is 3.97. The van der Waals surface area contributed by atoms with Crippen LogP contribution < -0.4 is 14.8 Å². The minimum Gasteiger partial charge on any atom is -0.490 e. The van der Waals surface area contributed by atoms with E-state index < -0.39 is 0 Å². The number of nitrogens with one attached hydrogen (secondary N) is 1. The molecule has 18 heavy (non-hydrogen) atoms. The van der Waals surface area contributed by atoms with Crippen molar-refractivity contribution in [3.8, 4) is 23.8 Å². The van der Waals surface area contributed by atoms with Gasteiger partial charge in [-0.05, 0) is 13.0 Å². The van der Waals surface area contributed by atoms with Gasteiger partial charge < -0.3 is 14.8 Å². The van der Waals surface area contributed by atoms with Crippen molar-refractivity contribution in [3.63, 3.8) is 0 Å². The summed E-state index contributed by atoms with van der Waals surface area (Å²) < 4.78 is 11.2. The van der Waals surface area contributed by atoms with Gasteiger partial charge in [0.1, 0.15) is 6.61 Å². The molecule has 0 atom stereocenters. The van der Waals surface area contributed by atoms with Crippen molar-refractivity contribution in [2.45, 2.75) is 33.4 Å². The fraction of sp³-hybridized carbons (Fsp3) is 0.467. The van der Waals surface area contributed by atoms with Crippen molar-refractivity contribution in [2.75, 3.05) is 13.2 Å². The molecule has 0 amide bonds. The average molecular weight is 247 g/mol. The molecule has 0 aliphatic heterocycles. The summed E-state index contributed by atoms with van der Waals surface area (Å²) in [5, 5.41) is 3.36. The molecule has 0 fully saturated rings. The van der Waals surface area contributed by atoms with Crippen molar-refractivity contribution in [3.05, 3.63) is 23.8 Å². The molecular formula is C15H21NO2. The molecule has 0 saturated heterocycles. The molecule has 0 heterocycles. The van der Waals surface area contributed by atoms with Gasteiger partial charge in [-0.25, -0.2) is 0 Å². The Balaban J connectivity index is 2.91. The first kappa shape index (κ1) is 14.4. The summed E-state index contributed by atoms with van der Waals surface area (Å²) in [5.41, 5.74) is 1.06. The Morgan fingerprint density at radius 3 is 2.72 bits per heavy atom. The summed E-state index contributed by atoms with van der Waals surface area (Å²) in [6.07, 6.45) is 5.24. The SMILES string of the molecule is C#CCOc1c(CNC(C)C)cccc1OCC. The molecule has 0 bridgehead atoms. The third-order valence-electron chi connectivity index (χ3n) is 2.36. The van der Waals surface area contributed by atoms with Crippen molar-refractivity contribution in [1.82, 2.24) is 5.32 Å². The molecular weight excluding hydrogens is 226 g/mol. The molecule has 1 N–H and O–H groups in total. The Morgan fingerprint density at radius 2 is 2.11 bits per heavy atom. The van der Waals surface area contributed by atoms with E-state index in [0.29, 0.717) is 12.6 Å². The van der Waals surface area contributed by atoms with Crippen LogP contribution in [0.2, 0.25) is 0 Å². The first-order valence-electron chi connectivity index (χ1n) is 6.23. The van der Waals surface area contributed by atoms with E-state index in [1.165, 1.54) is 0 Å². The van der Waals surface area contributed by atoms with Gasteiger partial charge in [-0.15, -0.1) is 6.42 Å². The van der Waals surface area contributed by atoms with E-state index >= 15 is 0 Å². The highest BCUT2D eigenvalue weighted by molar-refractivity contribution is 5.46. The van der Waals surface area contributed by atoms with Gasteiger partial charge >= 0.3 is 0 Å². The summed E-state index contributed by atoms with van der Waals surface area (Å²) in [6, 6.07) is 6.30. The molecule has 0 unspecified atom stereocenters. The van der Waals surface area contributed by atoms with Gasteiger partial charge in [-0.2, -0.15) is 0 Å². The summed E-state index contributed by atoms with van der Waals surface area (Å²) in [4.78, 5) is 0.